The van der Waals surface area contributed by atoms with E-state index in [4.69, 9.17) is 14.2 Å². The Hall–Kier alpha value is -0.163. The van der Waals surface area contributed by atoms with Crippen molar-refractivity contribution in [3.05, 3.63) is 12.7 Å². The lowest BCUT2D eigenvalue weighted by Crippen LogP contribution is -2.19. The summed E-state index contributed by atoms with van der Waals surface area (Å²) in [5.41, 5.74) is -0.0232. The highest BCUT2D eigenvalue weighted by Gasteiger charge is 2.03. The zero-order valence-corrected chi connectivity index (χ0v) is 7.91. The van der Waals surface area contributed by atoms with Crippen molar-refractivity contribution < 1.29 is 14.2 Å². The fraction of sp³-hybridized carbons (Fsp3) is 0.667. The van der Waals surface area contributed by atoms with Crippen LogP contribution < -0.4 is 0 Å². The van der Waals surface area contributed by atoms with Crippen molar-refractivity contribution in [3.63, 3.8) is 0 Å². The molecule has 0 saturated heterocycles. The molecule has 0 N–H and O–H groups in total. The lowest BCUT2D eigenvalue weighted by Gasteiger charge is -2.08. The Morgan fingerprint density at radius 1 is 1.70 bits per heavy atom. The first-order valence-corrected chi connectivity index (χ1v) is 4.64. The van der Waals surface area contributed by atoms with Gasteiger partial charge in [0.15, 0.2) is 9.76 Å². The number of hydrogen-bond acceptors (Lipinski definition) is 3. The third-order valence-electron chi connectivity index (χ3n) is 0.903. The van der Waals surface area contributed by atoms with Crippen LogP contribution in [0.25, 0.3) is 0 Å². The van der Waals surface area contributed by atoms with Gasteiger partial charge in [0.1, 0.15) is 5.73 Å². The Bertz CT molecular complexity index is 87.1. The van der Waals surface area contributed by atoms with Gasteiger partial charge in [0, 0.05) is 7.11 Å². The number of hydrogen-bond donors (Lipinski definition) is 0. The topological polar surface area (TPSA) is 27.7 Å². The molecule has 0 aromatic rings. The van der Waals surface area contributed by atoms with Crippen LogP contribution in [0.4, 0.5) is 0 Å². The fourth-order valence-electron chi connectivity index (χ4n) is 0.455. The molecule has 0 aromatic carbocycles. The highest BCUT2D eigenvalue weighted by molar-refractivity contribution is 6.29. The van der Waals surface area contributed by atoms with E-state index in [0.29, 0.717) is 6.61 Å². The molecule has 3 nitrogen and oxygen atoms in total. The second-order valence-electron chi connectivity index (χ2n) is 1.73. The molecule has 0 amide bonds. The minimum Gasteiger partial charge on any atom is -0.424 e. The first kappa shape index (κ1) is 9.84. The van der Waals surface area contributed by atoms with Crippen LogP contribution in [0.15, 0.2) is 12.7 Å². The van der Waals surface area contributed by atoms with Gasteiger partial charge in [0.05, 0.1) is 6.61 Å². The molecule has 0 aromatic heterocycles. The molecule has 1 atom stereocenters. The van der Waals surface area contributed by atoms with E-state index >= 15 is 0 Å². The van der Waals surface area contributed by atoms with Crippen LogP contribution in [0.2, 0.25) is 0 Å². The second-order valence-corrected chi connectivity index (χ2v) is 3.45. The Balaban J connectivity index is 3.29. The van der Waals surface area contributed by atoms with Gasteiger partial charge in [-0.2, -0.15) is 0 Å². The van der Waals surface area contributed by atoms with Crippen LogP contribution in [0.3, 0.4) is 0 Å². The van der Waals surface area contributed by atoms with Gasteiger partial charge in [0.2, 0.25) is 0 Å². The fourth-order valence-corrected chi connectivity index (χ4v) is 1.07. The van der Waals surface area contributed by atoms with E-state index < -0.39 is 9.76 Å². The number of rotatable bonds is 6. The van der Waals surface area contributed by atoms with Gasteiger partial charge >= 0.3 is 0 Å². The molecule has 0 heterocycles. The van der Waals surface area contributed by atoms with Crippen molar-refractivity contribution in [1.29, 1.82) is 0 Å². The van der Waals surface area contributed by atoms with Crippen molar-refractivity contribution in [2.45, 2.75) is 12.7 Å². The summed E-state index contributed by atoms with van der Waals surface area (Å²) >= 11 is 0. The summed E-state index contributed by atoms with van der Waals surface area (Å²) < 4.78 is 4.95. The molecule has 0 bridgehead atoms. The van der Waals surface area contributed by atoms with E-state index in [-0.39, 0.29) is 5.73 Å². The van der Waals surface area contributed by atoms with Gasteiger partial charge in [-0.15, -0.1) is 6.58 Å². The third kappa shape index (κ3) is 4.69. The lowest BCUT2D eigenvalue weighted by molar-refractivity contribution is -0.296. The van der Waals surface area contributed by atoms with Crippen molar-refractivity contribution in [2.75, 3.05) is 13.7 Å². The van der Waals surface area contributed by atoms with Gasteiger partial charge < -0.3 is 4.43 Å². The van der Waals surface area contributed by atoms with Crippen LogP contribution in [0.5, 0.6) is 0 Å². The van der Waals surface area contributed by atoms with E-state index in [2.05, 4.69) is 6.58 Å². The zero-order chi connectivity index (χ0) is 7.82. The summed E-state index contributed by atoms with van der Waals surface area (Å²) in [7, 11) is 1.01. The van der Waals surface area contributed by atoms with Crippen molar-refractivity contribution >= 4 is 9.76 Å². The SMILES string of the molecule is C=CC(OOCC)[SiH2]OC. The first-order chi connectivity index (χ1) is 4.85. The van der Waals surface area contributed by atoms with Crippen LogP contribution in [0.1, 0.15) is 6.92 Å². The van der Waals surface area contributed by atoms with Gasteiger partial charge in [0.25, 0.3) is 0 Å². The highest BCUT2D eigenvalue weighted by Crippen LogP contribution is 1.91. The molecule has 4 heteroatoms. The monoisotopic (exact) mass is 162 g/mol. The zero-order valence-electron chi connectivity index (χ0n) is 6.50. The van der Waals surface area contributed by atoms with Crippen molar-refractivity contribution in [3.8, 4) is 0 Å². The first-order valence-electron chi connectivity index (χ1n) is 3.24. The van der Waals surface area contributed by atoms with Gasteiger partial charge in [-0.05, 0) is 6.92 Å². The molecular weight excluding hydrogens is 148 g/mol. The summed E-state index contributed by atoms with van der Waals surface area (Å²) in [6, 6.07) is 0. The van der Waals surface area contributed by atoms with E-state index in [0.717, 1.165) is 0 Å². The molecule has 0 aliphatic heterocycles. The van der Waals surface area contributed by atoms with E-state index in [1.165, 1.54) is 0 Å². The highest BCUT2D eigenvalue weighted by atomic mass is 28.2. The predicted octanol–water partition coefficient (Wildman–Crippen LogP) is 0.197. The Labute approximate surface area is 63.8 Å². The average Bonchev–Trinajstić information content (AvgIpc) is 1.98. The lowest BCUT2D eigenvalue weighted by atomic mass is 10.7. The third-order valence-corrected chi connectivity index (χ3v) is 2.03. The minimum absolute atomic E-state index is 0.0232. The van der Waals surface area contributed by atoms with E-state index in [9.17, 15) is 0 Å². The Kier molecular flexibility index (Phi) is 6.84. The predicted molar refractivity (Wildman–Crippen MR) is 42.2 cm³/mol. The molecule has 0 saturated carbocycles. The molecule has 1 unspecified atom stereocenters. The van der Waals surface area contributed by atoms with Crippen LogP contribution in [0, 0.1) is 0 Å². The maximum Gasteiger partial charge on any atom is 0.199 e. The maximum atomic E-state index is 4.95. The molecular formula is C6H14O3Si. The molecule has 60 valence electrons. The summed E-state index contributed by atoms with van der Waals surface area (Å²) in [6.07, 6.45) is 1.70. The van der Waals surface area contributed by atoms with Gasteiger partial charge in [-0.3, -0.25) is 0 Å². The molecule has 0 aliphatic rings. The van der Waals surface area contributed by atoms with E-state index in [1.54, 1.807) is 13.2 Å². The van der Waals surface area contributed by atoms with Crippen molar-refractivity contribution in [2.24, 2.45) is 0 Å². The van der Waals surface area contributed by atoms with Crippen molar-refractivity contribution in [1.82, 2.24) is 0 Å². The summed E-state index contributed by atoms with van der Waals surface area (Å²) in [4.78, 5) is 9.62. The summed E-state index contributed by atoms with van der Waals surface area (Å²) in [5, 5.41) is 0. The van der Waals surface area contributed by atoms with Crippen LogP contribution >= 0.6 is 0 Å². The molecule has 0 aliphatic carbocycles. The molecule has 10 heavy (non-hydrogen) atoms. The average molecular weight is 162 g/mol. The Morgan fingerprint density at radius 2 is 2.40 bits per heavy atom. The molecule has 0 spiro atoms. The largest absolute Gasteiger partial charge is 0.424 e. The molecule has 0 fully saturated rings. The Morgan fingerprint density at radius 3 is 2.80 bits per heavy atom. The summed E-state index contributed by atoms with van der Waals surface area (Å²) in [6.45, 7) is 6.01. The standard InChI is InChI=1S/C6H14O3Si/c1-4-6(10-7-3)9-8-5-2/h4,6H,1,5,10H2,2-3H3. The van der Waals surface area contributed by atoms with Gasteiger partial charge in [-0.25, -0.2) is 9.78 Å². The smallest absolute Gasteiger partial charge is 0.199 e. The second kappa shape index (κ2) is 6.95. The quantitative estimate of drug-likeness (QED) is 0.242. The molecule has 0 radical (unpaired) electrons. The molecule has 0 rings (SSSR count). The normalized spacial score (nSPS) is 14.2. The maximum absolute atomic E-state index is 4.95. The van der Waals surface area contributed by atoms with Crippen LogP contribution in [-0.4, -0.2) is 29.2 Å². The van der Waals surface area contributed by atoms with Gasteiger partial charge in [-0.1, -0.05) is 6.08 Å². The van der Waals surface area contributed by atoms with Crippen LogP contribution in [-0.2, 0) is 14.2 Å². The summed E-state index contributed by atoms with van der Waals surface area (Å²) in [5.74, 6) is 0. The van der Waals surface area contributed by atoms with E-state index in [1.807, 2.05) is 6.92 Å². The minimum atomic E-state index is -0.650.